The number of hydrogen-bond acceptors (Lipinski definition) is 3. The quantitative estimate of drug-likeness (QED) is 0.607. The Morgan fingerprint density at radius 1 is 1.33 bits per heavy atom. The smallest absolute Gasteiger partial charge is 0.305 e. The molecule has 0 aromatic carbocycles. The first-order valence-electron chi connectivity index (χ1n) is 4.38. The molecule has 74 valence electrons. The van der Waals surface area contributed by atoms with Crippen molar-refractivity contribution in [1.29, 1.82) is 0 Å². The Kier molecular flexibility index (Phi) is 12.2. The van der Waals surface area contributed by atoms with Crippen molar-refractivity contribution < 1.29 is 9.53 Å². The normalized spacial score (nSPS) is 8.83. The first kappa shape index (κ1) is 14.0. The summed E-state index contributed by atoms with van der Waals surface area (Å²) in [5.74, 6) is -0.123. The third-order valence-corrected chi connectivity index (χ3v) is 1.21. The highest BCUT2D eigenvalue weighted by Gasteiger charge is 1.98. The van der Waals surface area contributed by atoms with Crippen molar-refractivity contribution in [2.24, 2.45) is 0 Å². The number of rotatable bonds is 4. The van der Waals surface area contributed by atoms with Gasteiger partial charge in [-0.2, -0.15) is 0 Å². The van der Waals surface area contributed by atoms with E-state index in [-0.39, 0.29) is 5.97 Å². The Hall–Kier alpha value is -0.570. The lowest BCUT2D eigenvalue weighted by Crippen LogP contribution is -2.14. The minimum Gasteiger partial charge on any atom is -0.469 e. The first-order valence-corrected chi connectivity index (χ1v) is 4.38. The summed E-state index contributed by atoms with van der Waals surface area (Å²) in [6, 6.07) is 0. The molecule has 0 aliphatic rings. The van der Waals surface area contributed by atoms with E-state index in [2.05, 4.69) is 4.74 Å². The molecule has 0 heterocycles. The van der Waals surface area contributed by atoms with Crippen LogP contribution in [0.4, 0.5) is 0 Å². The SMILES string of the molecule is CC.COC(=O)CCCN(C)C. The molecule has 0 bridgehead atoms. The topological polar surface area (TPSA) is 29.5 Å². The number of ether oxygens (including phenoxy) is 1. The highest BCUT2D eigenvalue weighted by molar-refractivity contribution is 5.68. The minimum absolute atomic E-state index is 0.123. The Morgan fingerprint density at radius 2 is 1.83 bits per heavy atom. The van der Waals surface area contributed by atoms with Gasteiger partial charge in [0.2, 0.25) is 0 Å². The second kappa shape index (κ2) is 10.4. The number of nitrogens with zero attached hydrogens (tertiary/aromatic N) is 1. The highest BCUT2D eigenvalue weighted by Crippen LogP contribution is 1.91. The fourth-order valence-electron chi connectivity index (χ4n) is 0.642. The maximum atomic E-state index is 10.6. The molecule has 0 amide bonds. The summed E-state index contributed by atoms with van der Waals surface area (Å²) in [5.41, 5.74) is 0. The molecular weight excluding hydrogens is 154 g/mol. The summed E-state index contributed by atoms with van der Waals surface area (Å²) in [6.07, 6.45) is 1.40. The van der Waals surface area contributed by atoms with E-state index in [1.807, 2.05) is 32.8 Å². The molecule has 0 radical (unpaired) electrons. The van der Waals surface area contributed by atoms with Crippen LogP contribution in [0.1, 0.15) is 26.7 Å². The summed E-state index contributed by atoms with van der Waals surface area (Å²) in [6.45, 7) is 4.94. The van der Waals surface area contributed by atoms with E-state index >= 15 is 0 Å². The lowest BCUT2D eigenvalue weighted by Gasteiger charge is -2.07. The summed E-state index contributed by atoms with van der Waals surface area (Å²) in [7, 11) is 5.38. The van der Waals surface area contributed by atoms with Crippen LogP contribution < -0.4 is 0 Å². The van der Waals surface area contributed by atoms with Crippen LogP contribution in [-0.4, -0.2) is 38.6 Å². The van der Waals surface area contributed by atoms with E-state index in [4.69, 9.17) is 0 Å². The molecule has 0 aromatic rings. The molecule has 3 heteroatoms. The molecule has 0 N–H and O–H groups in total. The van der Waals surface area contributed by atoms with Crippen LogP contribution in [0.3, 0.4) is 0 Å². The molecule has 3 nitrogen and oxygen atoms in total. The molecule has 0 rings (SSSR count). The maximum absolute atomic E-state index is 10.6. The van der Waals surface area contributed by atoms with E-state index in [1.165, 1.54) is 7.11 Å². The van der Waals surface area contributed by atoms with Gasteiger partial charge in [0.15, 0.2) is 0 Å². The van der Waals surface area contributed by atoms with Gasteiger partial charge < -0.3 is 9.64 Å². The Bertz CT molecular complexity index is 103. The van der Waals surface area contributed by atoms with E-state index in [1.54, 1.807) is 0 Å². The largest absolute Gasteiger partial charge is 0.469 e. The standard InChI is InChI=1S/C7H15NO2.C2H6/c1-8(2)6-4-5-7(9)10-3;1-2/h4-6H2,1-3H3;1-2H3. The average Bonchev–Trinajstić information content (AvgIpc) is 2.07. The third-order valence-electron chi connectivity index (χ3n) is 1.21. The first-order chi connectivity index (χ1) is 5.66. The molecule has 0 saturated heterocycles. The molecule has 0 saturated carbocycles. The second-order valence-electron chi connectivity index (χ2n) is 2.48. The predicted octanol–water partition coefficient (Wildman–Crippen LogP) is 1.53. The van der Waals surface area contributed by atoms with Gasteiger partial charge in [-0.15, -0.1) is 0 Å². The van der Waals surface area contributed by atoms with Crippen molar-refractivity contribution in [1.82, 2.24) is 4.90 Å². The van der Waals surface area contributed by atoms with Gasteiger partial charge in [-0.1, -0.05) is 13.8 Å². The average molecular weight is 175 g/mol. The Balaban J connectivity index is 0. The Labute approximate surface area is 75.7 Å². The van der Waals surface area contributed by atoms with Crippen LogP contribution in [0.15, 0.2) is 0 Å². The Morgan fingerprint density at radius 3 is 2.17 bits per heavy atom. The van der Waals surface area contributed by atoms with Gasteiger partial charge in [0.25, 0.3) is 0 Å². The zero-order valence-corrected chi connectivity index (χ0v) is 8.89. The van der Waals surface area contributed by atoms with Crippen LogP contribution in [0.5, 0.6) is 0 Å². The fraction of sp³-hybridized carbons (Fsp3) is 0.889. The van der Waals surface area contributed by atoms with Gasteiger partial charge in [0.05, 0.1) is 7.11 Å². The van der Waals surface area contributed by atoms with Gasteiger partial charge in [-0.3, -0.25) is 4.79 Å². The molecule has 0 aromatic heterocycles. The van der Waals surface area contributed by atoms with Gasteiger partial charge in [0, 0.05) is 6.42 Å². The summed E-state index contributed by atoms with van der Waals surface area (Å²) in [4.78, 5) is 12.6. The van der Waals surface area contributed by atoms with Crippen LogP contribution in [0.2, 0.25) is 0 Å². The van der Waals surface area contributed by atoms with Crippen LogP contribution >= 0.6 is 0 Å². The molecule has 0 atom stereocenters. The fourth-order valence-corrected chi connectivity index (χ4v) is 0.642. The van der Waals surface area contributed by atoms with E-state index < -0.39 is 0 Å². The van der Waals surface area contributed by atoms with Crippen molar-refractivity contribution in [3.63, 3.8) is 0 Å². The summed E-state index contributed by atoms with van der Waals surface area (Å²) >= 11 is 0. The van der Waals surface area contributed by atoms with E-state index in [0.29, 0.717) is 6.42 Å². The van der Waals surface area contributed by atoms with Crippen LogP contribution in [0.25, 0.3) is 0 Å². The molecule has 0 aliphatic heterocycles. The van der Waals surface area contributed by atoms with Gasteiger partial charge >= 0.3 is 5.97 Å². The lowest BCUT2D eigenvalue weighted by atomic mass is 10.3. The van der Waals surface area contributed by atoms with Crippen LogP contribution in [-0.2, 0) is 9.53 Å². The summed E-state index contributed by atoms with van der Waals surface area (Å²) in [5, 5.41) is 0. The monoisotopic (exact) mass is 175 g/mol. The molecule has 0 spiro atoms. The van der Waals surface area contributed by atoms with E-state index in [0.717, 1.165) is 13.0 Å². The second-order valence-corrected chi connectivity index (χ2v) is 2.48. The van der Waals surface area contributed by atoms with Crippen molar-refractivity contribution in [2.45, 2.75) is 26.7 Å². The van der Waals surface area contributed by atoms with Gasteiger partial charge in [-0.25, -0.2) is 0 Å². The van der Waals surface area contributed by atoms with Crippen molar-refractivity contribution in [2.75, 3.05) is 27.7 Å². The number of methoxy groups -OCH3 is 1. The van der Waals surface area contributed by atoms with Gasteiger partial charge in [0.1, 0.15) is 0 Å². The molecule has 0 fully saturated rings. The molecule has 12 heavy (non-hydrogen) atoms. The number of esters is 1. The number of hydrogen-bond donors (Lipinski definition) is 0. The van der Waals surface area contributed by atoms with Crippen LogP contribution in [0, 0.1) is 0 Å². The zero-order chi connectivity index (χ0) is 9.98. The molecule has 0 aliphatic carbocycles. The number of carbonyl (C=O) groups excluding carboxylic acids is 1. The molecule has 0 unspecified atom stereocenters. The van der Waals surface area contributed by atoms with Crippen molar-refractivity contribution in [3.8, 4) is 0 Å². The lowest BCUT2D eigenvalue weighted by molar-refractivity contribution is -0.140. The van der Waals surface area contributed by atoms with Gasteiger partial charge in [-0.05, 0) is 27.1 Å². The highest BCUT2D eigenvalue weighted by atomic mass is 16.5. The minimum atomic E-state index is -0.123. The van der Waals surface area contributed by atoms with Crippen molar-refractivity contribution in [3.05, 3.63) is 0 Å². The molecular formula is C9H21NO2. The van der Waals surface area contributed by atoms with E-state index in [9.17, 15) is 4.79 Å². The predicted molar refractivity (Wildman–Crippen MR) is 51.2 cm³/mol. The third kappa shape index (κ3) is 12.1. The zero-order valence-electron chi connectivity index (χ0n) is 8.89. The maximum Gasteiger partial charge on any atom is 0.305 e. The number of carbonyl (C=O) groups is 1. The summed E-state index contributed by atoms with van der Waals surface area (Å²) < 4.78 is 4.47. The van der Waals surface area contributed by atoms with Crippen molar-refractivity contribution >= 4 is 5.97 Å².